The van der Waals surface area contributed by atoms with E-state index >= 15 is 0 Å². The predicted molar refractivity (Wildman–Crippen MR) is 157 cm³/mol. The topological polar surface area (TPSA) is 79.5 Å². The van der Waals surface area contributed by atoms with Crippen molar-refractivity contribution >= 4 is 34.6 Å². The first-order valence-electron chi connectivity index (χ1n) is 14.1. The van der Waals surface area contributed by atoms with E-state index in [0.29, 0.717) is 0 Å². The van der Waals surface area contributed by atoms with Gasteiger partial charge in [-0.3, -0.25) is 14.8 Å². The van der Waals surface area contributed by atoms with Crippen LogP contribution < -0.4 is 10.1 Å². The summed E-state index contributed by atoms with van der Waals surface area (Å²) >= 11 is 0. The Kier molecular flexibility index (Phi) is 6.02. The summed E-state index contributed by atoms with van der Waals surface area (Å²) in [6.45, 7) is 7.17. The summed E-state index contributed by atoms with van der Waals surface area (Å²) in [5.41, 5.74) is 6.94. The number of amides is 1. The molecule has 1 aliphatic carbocycles. The molecule has 0 unspecified atom stereocenters. The van der Waals surface area contributed by atoms with Gasteiger partial charge in [0, 0.05) is 42.7 Å². The van der Waals surface area contributed by atoms with Gasteiger partial charge in [-0.25, -0.2) is 0 Å². The quantitative estimate of drug-likeness (QED) is 0.330. The molecule has 0 radical (unpaired) electrons. The maximum absolute atomic E-state index is 13.0. The number of aromatic nitrogens is 2. The number of benzene rings is 3. The summed E-state index contributed by atoms with van der Waals surface area (Å²) in [4.78, 5) is 15.5. The number of rotatable bonds is 6. The highest BCUT2D eigenvalue weighted by Crippen LogP contribution is 2.65. The van der Waals surface area contributed by atoms with Crippen LogP contribution in [-0.4, -0.2) is 53.4 Å². The number of aromatic amines is 1. The molecule has 7 rings (SSSR count). The van der Waals surface area contributed by atoms with Crippen LogP contribution in [0.15, 0.2) is 60.7 Å². The first-order valence-corrected chi connectivity index (χ1v) is 14.1. The molecule has 7 heteroatoms. The molecule has 1 aromatic heterocycles. The molecule has 3 aromatic carbocycles. The first-order chi connectivity index (χ1) is 19.4. The fourth-order valence-electron chi connectivity index (χ4n) is 6.70. The third-order valence-electron chi connectivity index (χ3n) is 8.66. The van der Waals surface area contributed by atoms with Gasteiger partial charge >= 0.3 is 0 Å². The van der Waals surface area contributed by atoms with Gasteiger partial charge in [-0.1, -0.05) is 48.5 Å². The molecule has 1 saturated carbocycles. The third kappa shape index (κ3) is 4.30. The van der Waals surface area contributed by atoms with Gasteiger partial charge < -0.3 is 14.8 Å². The Morgan fingerprint density at radius 2 is 1.85 bits per heavy atom. The van der Waals surface area contributed by atoms with Gasteiger partial charge in [-0.15, -0.1) is 0 Å². The van der Waals surface area contributed by atoms with E-state index in [9.17, 15) is 4.79 Å². The lowest BCUT2D eigenvalue weighted by molar-refractivity contribution is -0.118. The molecule has 204 valence electrons. The largest absolute Gasteiger partial charge is 0.497 e. The minimum atomic E-state index is -0.484. The second kappa shape index (κ2) is 9.61. The van der Waals surface area contributed by atoms with E-state index in [1.165, 1.54) is 5.56 Å². The van der Waals surface area contributed by atoms with Crippen molar-refractivity contribution in [3.63, 3.8) is 0 Å². The Balaban J connectivity index is 1.05. The highest BCUT2D eigenvalue weighted by Gasteiger charge is 2.65. The van der Waals surface area contributed by atoms with Gasteiger partial charge in [-0.2, -0.15) is 5.10 Å². The standard InChI is InChI=1S/C33H34N4O3/c1-20-17-37(18-21(2)40-20)19-23-6-4-22(5-7-23)8-13-29-26-11-9-24(14-30(26)36-35-29)28-16-33(28)27-12-10-25(39-3)15-31(27)34-32(33)38/h4-15,20-21,28H,16-19H2,1-3H3,(H,34,38)(H,35,36)/b13-8+/t20-,21+,28-,33-/m0/s1. The van der Waals surface area contributed by atoms with Crippen LogP contribution in [0.2, 0.25) is 0 Å². The van der Waals surface area contributed by atoms with Gasteiger partial charge in [0.2, 0.25) is 5.91 Å². The highest BCUT2D eigenvalue weighted by atomic mass is 16.5. The number of carbonyl (C=O) groups excluding carboxylic acids is 1. The van der Waals surface area contributed by atoms with Crippen molar-refractivity contribution in [1.82, 2.24) is 15.1 Å². The Bertz CT molecular complexity index is 1610. The Morgan fingerprint density at radius 3 is 2.62 bits per heavy atom. The fraction of sp³-hybridized carbons (Fsp3) is 0.333. The molecular weight excluding hydrogens is 500 g/mol. The monoisotopic (exact) mass is 534 g/mol. The van der Waals surface area contributed by atoms with Crippen LogP contribution in [0, 0.1) is 0 Å². The number of anilines is 1. The number of nitrogens with zero attached hydrogens (tertiary/aromatic N) is 2. The molecule has 2 N–H and O–H groups in total. The molecule has 0 bridgehead atoms. The summed E-state index contributed by atoms with van der Waals surface area (Å²) < 4.78 is 11.2. The number of H-pyrrole nitrogens is 1. The number of ether oxygens (including phenoxy) is 2. The van der Waals surface area contributed by atoms with Gasteiger partial charge in [0.05, 0.1) is 35.9 Å². The second-order valence-electron chi connectivity index (χ2n) is 11.5. The van der Waals surface area contributed by atoms with Gasteiger partial charge in [0.15, 0.2) is 0 Å². The van der Waals surface area contributed by atoms with Gasteiger partial charge in [-0.05, 0) is 60.7 Å². The molecule has 2 aliphatic heterocycles. The van der Waals surface area contributed by atoms with Crippen LogP contribution in [0.5, 0.6) is 5.75 Å². The average molecular weight is 535 g/mol. The molecule has 3 aliphatic rings. The molecule has 7 nitrogen and oxygen atoms in total. The summed E-state index contributed by atoms with van der Waals surface area (Å²) in [5.74, 6) is 0.978. The zero-order valence-corrected chi connectivity index (χ0v) is 23.1. The van der Waals surface area contributed by atoms with Crippen molar-refractivity contribution in [2.24, 2.45) is 0 Å². The van der Waals surface area contributed by atoms with E-state index in [1.54, 1.807) is 7.11 Å². The fourth-order valence-corrected chi connectivity index (χ4v) is 6.70. The molecule has 1 amide bonds. The molecule has 3 heterocycles. The lowest BCUT2D eigenvalue weighted by atomic mass is 9.91. The summed E-state index contributed by atoms with van der Waals surface area (Å²) in [7, 11) is 1.64. The third-order valence-corrected chi connectivity index (χ3v) is 8.66. The molecule has 4 aromatic rings. The van der Waals surface area contributed by atoms with Crippen LogP contribution in [0.25, 0.3) is 23.1 Å². The lowest BCUT2D eigenvalue weighted by Crippen LogP contribution is -2.44. The zero-order valence-electron chi connectivity index (χ0n) is 23.1. The van der Waals surface area contributed by atoms with Gasteiger partial charge in [0.25, 0.3) is 0 Å². The number of nitrogens with one attached hydrogen (secondary N) is 2. The number of morpholine rings is 1. The van der Waals surface area contributed by atoms with Crippen molar-refractivity contribution in [2.45, 2.75) is 50.4 Å². The Hall–Kier alpha value is -3.94. The van der Waals surface area contributed by atoms with Crippen molar-refractivity contribution in [2.75, 3.05) is 25.5 Å². The van der Waals surface area contributed by atoms with E-state index in [0.717, 1.165) is 70.8 Å². The minimum Gasteiger partial charge on any atom is -0.497 e. The molecule has 2 fully saturated rings. The van der Waals surface area contributed by atoms with Crippen molar-refractivity contribution in [3.05, 3.63) is 88.6 Å². The van der Waals surface area contributed by atoms with Crippen LogP contribution >= 0.6 is 0 Å². The van der Waals surface area contributed by atoms with E-state index in [2.05, 4.69) is 88.9 Å². The molecule has 4 atom stereocenters. The maximum atomic E-state index is 13.0. The van der Waals surface area contributed by atoms with E-state index < -0.39 is 5.41 Å². The predicted octanol–water partition coefficient (Wildman–Crippen LogP) is 5.73. The number of carbonyl (C=O) groups is 1. The zero-order chi connectivity index (χ0) is 27.4. The summed E-state index contributed by atoms with van der Waals surface area (Å²) in [6, 6.07) is 21.0. The van der Waals surface area contributed by atoms with Gasteiger partial charge in [0.1, 0.15) is 5.75 Å². The maximum Gasteiger partial charge on any atom is 0.235 e. The van der Waals surface area contributed by atoms with E-state index in [-0.39, 0.29) is 24.0 Å². The Morgan fingerprint density at radius 1 is 1.05 bits per heavy atom. The lowest BCUT2D eigenvalue weighted by Gasteiger charge is -2.35. The number of methoxy groups -OCH3 is 1. The van der Waals surface area contributed by atoms with Crippen molar-refractivity contribution in [3.8, 4) is 5.75 Å². The SMILES string of the molecule is COc1ccc2c(c1)NC(=O)[C@@]21C[C@H]1c1ccc2c(/C=C/c3ccc(CN4C[C@@H](C)O[C@@H](C)C4)cc3)n[nH]c2c1. The normalized spacial score (nSPS) is 26.0. The summed E-state index contributed by atoms with van der Waals surface area (Å²) in [5, 5.41) is 11.9. The van der Waals surface area contributed by atoms with Crippen LogP contribution in [0.1, 0.15) is 54.1 Å². The number of hydrogen-bond acceptors (Lipinski definition) is 5. The summed E-state index contributed by atoms with van der Waals surface area (Å²) in [6.07, 6.45) is 5.53. The smallest absolute Gasteiger partial charge is 0.235 e. The van der Waals surface area contributed by atoms with E-state index in [1.807, 2.05) is 18.2 Å². The minimum absolute atomic E-state index is 0.0779. The first kappa shape index (κ1) is 25.1. The highest BCUT2D eigenvalue weighted by molar-refractivity contribution is 6.10. The van der Waals surface area contributed by atoms with Crippen molar-refractivity contribution in [1.29, 1.82) is 0 Å². The average Bonchev–Trinajstić information content (AvgIpc) is 3.48. The number of hydrogen-bond donors (Lipinski definition) is 2. The molecule has 40 heavy (non-hydrogen) atoms. The number of fused-ring (bicyclic) bond motifs is 3. The molecule has 1 spiro atoms. The van der Waals surface area contributed by atoms with Crippen LogP contribution in [-0.2, 0) is 21.5 Å². The Labute approximate surface area is 234 Å². The van der Waals surface area contributed by atoms with Crippen LogP contribution in [0.3, 0.4) is 0 Å². The molecular formula is C33H34N4O3. The second-order valence-corrected chi connectivity index (χ2v) is 11.5. The van der Waals surface area contributed by atoms with Crippen molar-refractivity contribution < 1.29 is 14.3 Å². The van der Waals surface area contributed by atoms with E-state index in [4.69, 9.17) is 9.47 Å². The molecule has 1 saturated heterocycles. The van der Waals surface area contributed by atoms with Crippen LogP contribution in [0.4, 0.5) is 5.69 Å².